The molecule has 0 fully saturated rings. The number of ether oxygens (including phenoxy) is 1. The fraction of sp³-hybridized carbons (Fsp3) is 0.111. The van der Waals surface area contributed by atoms with Crippen molar-refractivity contribution in [2.45, 2.75) is 6.54 Å². The lowest BCUT2D eigenvalue weighted by molar-refractivity contribution is 0.0946. The SMILES string of the molecule is COc1cccc(CNC(=O)c2cc(-c3ccc(Br)cc3)n[nH]2)c1. The number of carbonyl (C=O) groups is 1. The van der Waals surface area contributed by atoms with Gasteiger partial charge in [-0.2, -0.15) is 5.10 Å². The summed E-state index contributed by atoms with van der Waals surface area (Å²) in [6, 6.07) is 17.1. The van der Waals surface area contributed by atoms with Crippen LogP contribution in [0.2, 0.25) is 0 Å². The molecule has 0 aliphatic rings. The molecule has 3 aromatic rings. The summed E-state index contributed by atoms with van der Waals surface area (Å²) >= 11 is 3.40. The molecule has 0 saturated heterocycles. The highest BCUT2D eigenvalue weighted by atomic mass is 79.9. The Bertz CT molecular complexity index is 843. The summed E-state index contributed by atoms with van der Waals surface area (Å²) < 4.78 is 6.17. The van der Waals surface area contributed by atoms with Crippen LogP contribution in [0.25, 0.3) is 11.3 Å². The largest absolute Gasteiger partial charge is 0.497 e. The number of methoxy groups -OCH3 is 1. The molecule has 0 bridgehead atoms. The quantitative estimate of drug-likeness (QED) is 0.702. The molecule has 122 valence electrons. The van der Waals surface area contributed by atoms with E-state index in [9.17, 15) is 4.79 Å². The summed E-state index contributed by atoms with van der Waals surface area (Å²) in [6.45, 7) is 0.419. The smallest absolute Gasteiger partial charge is 0.269 e. The van der Waals surface area contributed by atoms with Crippen LogP contribution in [-0.4, -0.2) is 23.2 Å². The van der Waals surface area contributed by atoms with Crippen LogP contribution in [0.15, 0.2) is 59.1 Å². The van der Waals surface area contributed by atoms with Crippen LogP contribution < -0.4 is 10.1 Å². The maximum Gasteiger partial charge on any atom is 0.269 e. The van der Waals surface area contributed by atoms with Crippen molar-refractivity contribution in [3.63, 3.8) is 0 Å². The van der Waals surface area contributed by atoms with Crippen LogP contribution in [0.4, 0.5) is 0 Å². The fourth-order valence-corrected chi connectivity index (χ4v) is 2.53. The van der Waals surface area contributed by atoms with E-state index in [1.807, 2.05) is 48.5 Å². The number of amides is 1. The van der Waals surface area contributed by atoms with Crippen LogP contribution in [0.3, 0.4) is 0 Å². The van der Waals surface area contributed by atoms with Crippen molar-refractivity contribution >= 4 is 21.8 Å². The van der Waals surface area contributed by atoms with Gasteiger partial charge in [0.05, 0.1) is 12.8 Å². The molecule has 0 spiro atoms. The van der Waals surface area contributed by atoms with E-state index >= 15 is 0 Å². The predicted octanol–water partition coefficient (Wildman–Crippen LogP) is 3.78. The van der Waals surface area contributed by atoms with E-state index in [0.717, 1.165) is 27.0 Å². The standard InChI is InChI=1S/C18H16BrN3O2/c1-24-15-4-2-3-12(9-15)11-20-18(23)17-10-16(21-22-17)13-5-7-14(19)8-6-13/h2-10H,11H2,1H3,(H,20,23)(H,21,22). The highest BCUT2D eigenvalue weighted by molar-refractivity contribution is 9.10. The minimum atomic E-state index is -0.200. The van der Waals surface area contributed by atoms with Gasteiger partial charge in [0.15, 0.2) is 0 Å². The van der Waals surface area contributed by atoms with Gasteiger partial charge in [-0.05, 0) is 35.9 Å². The van der Waals surface area contributed by atoms with Crippen molar-refractivity contribution in [1.82, 2.24) is 15.5 Å². The molecule has 1 amide bonds. The molecular weight excluding hydrogens is 370 g/mol. The van der Waals surface area contributed by atoms with Crippen LogP contribution in [0.1, 0.15) is 16.1 Å². The van der Waals surface area contributed by atoms with Gasteiger partial charge >= 0.3 is 0 Å². The van der Waals surface area contributed by atoms with Gasteiger partial charge in [0.25, 0.3) is 5.91 Å². The molecule has 0 aliphatic heterocycles. The van der Waals surface area contributed by atoms with Crippen molar-refractivity contribution in [2.24, 2.45) is 0 Å². The second-order valence-corrected chi connectivity index (χ2v) is 6.12. The average Bonchev–Trinajstić information content (AvgIpc) is 3.10. The summed E-state index contributed by atoms with van der Waals surface area (Å²) in [5.41, 5.74) is 3.07. The molecule has 1 aromatic heterocycles. The molecule has 5 nitrogen and oxygen atoms in total. The molecule has 0 saturated carbocycles. The lowest BCUT2D eigenvalue weighted by atomic mass is 10.1. The van der Waals surface area contributed by atoms with Gasteiger partial charge in [0.2, 0.25) is 0 Å². The maximum absolute atomic E-state index is 12.3. The monoisotopic (exact) mass is 385 g/mol. The third-order valence-electron chi connectivity index (χ3n) is 3.55. The van der Waals surface area contributed by atoms with Crippen molar-refractivity contribution < 1.29 is 9.53 Å². The molecule has 3 rings (SSSR count). The zero-order valence-corrected chi connectivity index (χ0v) is 14.6. The highest BCUT2D eigenvalue weighted by Crippen LogP contribution is 2.20. The molecule has 2 aromatic carbocycles. The van der Waals surface area contributed by atoms with E-state index in [4.69, 9.17) is 4.74 Å². The van der Waals surface area contributed by atoms with Crippen LogP contribution in [0, 0.1) is 0 Å². The lowest BCUT2D eigenvalue weighted by Crippen LogP contribution is -2.23. The molecule has 1 heterocycles. The number of aromatic amines is 1. The first-order chi connectivity index (χ1) is 11.7. The van der Waals surface area contributed by atoms with Gasteiger partial charge in [-0.1, -0.05) is 40.2 Å². The van der Waals surface area contributed by atoms with Gasteiger partial charge in [0, 0.05) is 16.6 Å². The topological polar surface area (TPSA) is 67.0 Å². The van der Waals surface area contributed by atoms with E-state index in [1.54, 1.807) is 13.2 Å². The Hall–Kier alpha value is -2.60. The third-order valence-corrected chi connectivity index (χ3v) is 4.08. The molecule has 6 heteroatoms. The molecule has 0 atom stereocenters. The number of hydrogen-bond donors (Lipinski definition) is 2. The van der Waals surface area contributed by atoms with Crippen molar-refractivity contribution in [3.05, 3.63) is 70.3 Å². The van der Waals surface area contributed by atoms with Gasteiger partial charge in [-0.3, -0.25) is 9.89 Å². The Balaban J connectivity index is 1.66. The molecule has 2 N–H and O–H groups in total. The molecular formula is C18H16BrN3O2. The Kier molecular flexibility index (Phi) is 4.96. The minimum Gasteiger partial charge on any atom is -0.497 e. The number of halogens is 1. The normalized spacial score (nSPS) is 10.4. The summed E-state index contributed by atoms with van der Waals surface area (Å²) in [6.07, 6.45) is 0. The number of carbonyl (C=O) groups excluding carboxylic acids is 1. The predicted molar refractivity (Wildman–Crippen MR) is 95.9 cm³/mol. The minimum absolute atomic E-state index is 0.200. The summed E-state index contributed by atoms with van der Waals surface area (Å²) in [4.78, 5) is 12.3. The first-order valence-electron chi connectivity index (χ1n) is 7.38. The molecule has 0 aliphatic carbocycles. The number of rotatable bonds is 5. The van der Waals surface area contributed by atoms with Crippen LogP contribution in [-0.2, 0) is 6.54 Å². The van der Waals surface area contributed by atoms with E-state index < -0.39 is 0 Å². The number of aromatic nitrogens is 2. The fourth-order valence-electron chi connectivity index (χ4n) is 2.27. The second-order valence-electron chi connectivity index (χ2n) is 5.21. The van der Waals surface area contributed by atoms with Gasteiger partial charge in [0.1, 0.15) is 11.4 Å². The first-order valence-corrected chi connectivity index (χ1v) is 8.17. The Morgan fingerprint density at radius 1 is 1.21 bits per heavy atom. The number of nitrogens with zero attached hydrogens (tertiary/aromatic N) is 1. The van der Waals surface area contributed by atoms with Gasteiger partial charge in [-0.25, -0.2) is 0 Å². The van der Waals surface area contributed by atoms with E-state index in [2.05, 4.69) is 31.4 Å². The van der Waals surface area contributed by atoms with E-state index in [1.165, 1.54) is 0 Å². The first kappa shape index (κ1) is 16.3. The van der Waals surface area contributed by atoms with E-state index in [0.29, 0.717) is 12.2 Å². The highest BCUT2D eigenvalue weighted by Gasteiger charge is 2.11. The molecule has 0 unspecified atom stereocenters. The van der Waals surface area contributed by atoms with Gasteiger partial charge in [-0.15, -0.1) is 0 Å². The van der Waals surface area contributed by atoms with Crippen molar-refractivity contribution in [3.8, 4) is 17.0 Å². The Labute approximate surface area is 148 Å². The number of benzene rings is 2. The third kappa shape index (κ3) is 3.83. The zero-order valence-electron chi connectivity index (χ0n) is 13.0. The van der Waals surface area contributed by atoms with Crippen LogP contribution in [0.5, 0.6) is 5.75 Å². The van der Waals surface area contributed by atoms with Crippen LogP contribution >= 0.6 is 15.9 Å². The molecule has 24 heavy (non-hydrogen) atoms. The summed E-state index contributed by atoms with van der Waals surface area (Å²) in [5, 5.41) is 9.84. The lowest BCUT2D eigenvalue weighted by Gasteiger charge is -2.05. The summed E-state index contributed by atoms with van der Waals surface area (Å²) in [7, 11) is 1.62. The van der Waals surface area contributed by atoms with Crippen molar-refractivity contribution in [2.75, 3.05) is 7.11 Å². The van der Waals surface area contributed by atoms with E-state index in [-0.39, 0.29) is 5.91 Å². The van der Waals surface area contributed by atoms with Crippen molar-refractivity contribution in [1.29, 1.82) is 0 Å². The maximum atomic E-state index is 12.3. The zero-order chi connectivity index (χ0) is 16.9. The summed E-state index contributed by atoms with van der Waals surface area (Å²) in [5.74, 6) is 0.564. The second kappa shape index (κ2) is 7.31. The number of nitrogens with one attached hydrogen (secondary N) is 2. The Morgan fingerprint density at radius 3 is 2.75 bits per heavy atom. The molecule has 0 radical (unpaired) electrons. The number of H-pyrrole nitrogens is 1. The Morgan fingerprint density at radius 2 is 2.00 bits per heavy atom. The van der Waals surface area contributed by atoms with Gasteiger partial charge < -0.3 is 10.1 Å². The number of hydrogen-bond acceptors (Lipinski definition) is 3. The average molecular weight is 386 g/mol.